The minimum atomic E-state index is -3.56. The summed E-state index contributed by atoms with van der Waals surface area (Å²) in [6.45, 7) is -0.0509. The predicted octanol–water partition coefficient (Wildman–Crippen LogP) is -1.35. The molecule has 0 saturated carbocycles. The number of sulfonamides is 1. The SMILES string of the molecule is NS(=O)(=O)CCNC(=O)CCCC(=O)O. The molecule has 15 heavy (non-hydrogen) atoms. The van der Waals surface area contributed by atoms with Crippen LogP contribution in [-0.4, -0.2) is 37.7 Å². The first kappa shape index (κ1) is 13.8. The summed E-state index contributed by atoms with van der Waals surface area (Å²) < 4.78 is 20.9. The fourth-order valence-electron chi connectivity index (χ4n) is 0.821. The van der Waals surface area contributed by atoms with E-state index in [1.165, 1.54) is 0 Å². The third kappa shape index (κ3) is 10.8. The molecule has 8 heteroatoms. The lowest BCUT2D eigenvalue weighted by Crippen LogP contribution is -2.31. The zero-order valence-corrected chi connectivity index (χ0v) is 8.92. The molecule has 0 aromatic carbocycles. The maximum absolute atomic E-state index is 11.0. The summed E-state index contributed by atoms with van der Waals surface area (Å²) in [6, 6.07) is 0. The molecule has 88 valence electrons. The zero-order chi connectivity index (χ0) is 11.9. The third-order valence-electron chi connectivity index (χ3n) is 1.50. The average Bonchev–Trinajstić information content (AvgIpc) is 2.00. The molecule has 1 amide bonds. The Kier molecular flexibility index (Phi) is 5.87. The smallest absolute Gasteiger partial charge is 0.303 e. The van der Waals surface area contributed by atoms with Gasteiger partial charge in [0.15, 0.2) is 0 Å². The predicted molar refractivity (Wildman–Crippen MR) is 52.5 cm³/mol. The van der Waals surface area contributed by atoms with Crippen LogP contribution < -0.4 is 10.5 Å². The standard InChI is InChI=1S/C7H14N2O5S/c8-15(13,14)5-4-9-6(10)2-1-3-7(11)12/h1-5H2,(H,9,10)(H,11,12)(H2,8,13,14). The van der Waals surface area contributed by atoms with Gasteiger partial charge in [-0.05, 0) is 6.42 Å². The van der Waals surface area contributed by atoms with Gasteiger partial charge in [0.2, 0.25) is 15.9 Å². The Morgan fingerprint density at radius 2 is 1.87 bits per heavy atom. The Bertz CT molecular complexity index is 324. The topological polar surface area (TPSA) is 127 Å². The Morgan fingerprint density at radius 3 is 2.33 bits per heavy atom. The fraction of sp³-hybridized carbons (Fsp3) is 0.714. The lowest BCUT2D eigenvalue weighted by Gasteiger charge is -2.02. The fourth-order valence-corrected chi connectivity index (χ4v) is 1.21. The van der Waals surface area contributed by atoms with E-state index in [1.54, 1.807) is 0 Å². The van der Waals surface area contributed by atoms with Gasteiger partial charge < -0.3 is 10.4 Å². The molecule has 0 fully saturated rings. The molecular formula is C7H14N2O5S. The molecule has 0 bridgehead atoms. The number of primary sulfonamides is 1. The van der Waals surface area contributed by atoms with Crippen LogP contribution in [0, 0.1) is 0 Å². The molecule has 0 aliphatic carbocycles. The van der Waals surface area contributed by atoms with Crippen molar-refractivity contribution in [3.8, 4) is 0 Å². The van der Waals surface area contributed by atoms with E-state index in [0.29, 0.717) is 0 Å². The highest BCUT2D eigenvalue weighted by atomic mass is 32.2. The van der Waals surface area contributed by atoms with Crippen LogP contribution in [0.5, 0.6) is 0 Å². The van der Waals surface area contributed by atoms with Crippen molar-refractivity contribution in [2.75, 3.05) is 12.3 Å². The second kappa shape index (κ2) is 6.36. The maximum atomic E-state index is 11.0. The summed E-state index contributed by atoms with van der Waals surface area (Å²) in [5.41, 5.74) is 0. The summed E-state index contributed by atoms with van der Waals surface area (Å²) in [7, 11) is -3.56. The van der Waals surface area contributed by atoms with Gasteiger partial charge in [-0.1, -0.05) is 0 Å². The molecule has 0 aliphatic heterocycles. The van der Waals surface area contributed by atoms with E-state index in [2.05, 4.69) is 5.32 Å². The average molecular weight is 238 g/mol. The van der Waals surface area contributed by atoms with E-state index >= 15 is 0 Å². The maximum Gasteiger partial charge on any atom is 0.303 e. The van der Waals surface area contributed by atoms with Crippen LogP contribution in [0.15, 0.2) is 0 Å². The van der Waals surface area contributed by atoms with Gasteiger partial charge in [-0.2, -0.15) is 0 Å². The first-order valence-electron chi connectivity index (χ1n) is 4.30. The first-order chi connectivity index (χ1) is 6.81. The van der Waals surface area contributed by atoms with E-state index < -0.39 is 16.0 Å². The van der Waals surface area contributed by atoms with Crippen molar-refractivity contribution in [3.63, 3.8) is 0 Å². The number of aliphatic carboxylic acids is 1. The lowest BCUT2D eigenvalue weighted by molar-refractivity contribution is -0.137. The van der Waals surface area contributed by atoms with Crippen molar-refractivity contribution in [3.05, 3.63) is 0 Å². The summed E-state index contributed by atoms with van der Waals surface area (Å²) in [5.74, 6) is -1.66. The highest BCUT2D eigenvalue weighted by molar-refractivity contribution is 7.89. The molecule has 0 radical (unpaired) electrons. The van der Waals surface area contributed by atoms with Crippen LogP contribution in [0.4, 0.5) is 0 Å². The van der Waals surface area contributed by atoms with Crippen molar-refractivity contribution in [1.29, 1.82) is 0 Å². The monoisotopic (exact) mass is 238 g/mol. The number of carbonyl (C=O) groups excluding carboxylic acids is 1. The molecule has 0 aromatic rings. The van der Waals surface area contributed by atoms with E-state index in [4.69, 9.17) is 10.2 Å². The van der Waals surface area contributed by atoms with E-state index in [-0.39, 0.29) is 37.5 Å². The van der Waals surface area contributed by atoms with Crippen molar-refractivity contribution >= 4 is 21.9 Å². The number of carbonyl (C=O) groups is 2. The van der Waals surface area contributed by atoms with Crippen molar-refractivity contribution in [1.82, 2.24) is 5.32 Å². The molecule has 0 heterocycles. The Hall–Kier alpha value is -1.15. The Labute approximate surface area is 87.7 Å². The normalized spacial score (nSPS) is 11.0. The van der Waals surface area contributed by atoms with Crippen LogP contribution in [0.1, 0.15) is 19.3 Å². The number of hydrogen-bond donors (Lipinski definition) is 3. The summed E-state index contributed by atoms with van der Waals surface area (Å²) in [5, 5.41) is 15.3. The number of nitrogens with two attached hydrogens (primary N) is 1. The van der Waals surface area contributed by atoms with Gasteiger partial charge in [0, 0.05) is 19.4 Å². The third-order valence-corrected chi connectivity index (χ3v) is 2.28. The molecule has 0 unspecified atom stereocenters. The van der Waals surface area contributed by atoms with Gasteiger partial charge in [-0.25, -0.2) is 13.6 Å². The van der Waals surface area contributed by atoms with Crippen molar-refractivity contribution in [2.24, 2.45) is 5.14 Å². The molecular weight excluding hydrogens is 224 g/mol. The van der Waals surface area contributed by atoms with Crippen molar-refractivity contribution in [2.45, 2.75) is 19.3 Å². The zero-order valence-electron chi connectivity index (χ0n) is 8.10. The molecule has 0 aliphatic rings. The molecule has 7 nitrogen and oxygen atoms in total. The summed E-state index contributed by atoms with van der Waals surface area (Å²) in [6.07, 6.45) is 0.218. The highest BCUT2D eigenvalue weighted by Gasteiger charge is 2.06. The second-order valence-electron chi connectivity index (χ2n) is 2.96. The Balaban J connectivity index is 3.54. The van der Waals surface area contributed by atoms with Gasteiger partial charge >= 0.3 is 5.97 Å². The number of nitrogens with one attached hydrogen (secondary N) is 1. The van der Waals surface area contributed by atoms with Crippen LogP contribution in [0.2, 0.25) is 0 Å². The Morgan fingerprint density at radius 1 is 1.27 bits per heavy atom. The molecule has 0 rings (SSSR count). The molecule has 0 atom stereocenters. The van der Waals surface area contributed by atoms with E-state index in [1.807, 2.05) is 0 Å². The summed E-state index contributed by atoms with van der Waals surface area (Å²) in [4.78, 5) is 21.1. The minimum Gasteiger partial charge on any atom is -0.481 e. The van der Waals surface area contributed by atoms with Gasteiger partial charge in [0.05, 0.1) is 5.75 Å². The number of hydrogen-bond acceptors (Lipinski definition) is 4. The highest BCUT2D eigenvalue weighted by Crippen LogP contribution is 1.94. The van der Waals surface area contributed by atoms with E-state index in [9.17, 15) is 18.0 Å². The molecule has 4 N–H and O–H groups in total. The van der Waals surface area contributed by atoms with Crippen LogP contribution in [-0.2, 0) is 19.6 Å². The number of rotatable bonds is 7. The molecule has 0 saturated heterocycles. The van der Waals surface area contributed by atoms with Crippen LogP contribution in [0.25, 0.3) is 0 Å². The van der Waals surface area contributed by atoms with Crippen LogP contribution in [0.3, 0.4) is 0 Å². The number of carboxylic acids is 1. The van der Waals surface area contributed by atoms with Crippen LogP contribution >= 0.6 is 0 Å². The van der Waals surface area contributed by atoms with Gasteiger partial charge in [0.25, 0.3) is 0 Å². The largest absolute Gasteiger partial charge is 0.481 e. The lowest BCUT2D eigenvalue weighted by atomic mass is 10.2. The molecule has 0 aromatic heterocycles. The minimum absolute atomic E-state index is 0.0509. The van der Waals surface area contributed by atoms with Crippen molar-refractivity contribution < 1.29 is 23.1 Å². The van der Waals surface area contributed by atoms with Gasteiger partial charge in [0.1, 0.15) is 0 Å². The van der Waals surface area contributed by atoms with Gasteiger partial charge in [-0.15, -0.1) is 0 Å². The number of amides is 1. The van der Waals surface area contributed by atoms with E-state index in [0.717, 1.165) is 0 Å². The first-order valence-corrected chi connectivity index (χ1v) is 6.02. The second-order valence-corrected chi connectivity index (χ2v) is 4.70. The molecule has 0 spiro atoms. The quantitative estimate of drug-likeness (QED) is 0.505. The van der Waals surface area contributed by atoms with Gasteiger partial charge in [-0.3, -0.25) is 9.59 Å². The summed E-state index contributed by atoms with van der Waals surface area (Å²) >= 11 is 0. The number of carboxylic acid groups (broad SMARTS) is 1.